The van der Waals surface area contributed by atoms with Gasteiger partial charge in [0.1, 0.15) is 0 Å². The van der Waals surface area contributed by atoms with Gasteiger partial charge in [-0.25, -0.2) is 15.0 Å². The highest BCUT2D eigenvalue weighted by Gasteiger charge is 2.38. The number of hydrogen-bond donors (Lipinski definition) is 0. The van der Waals surface area contributed by atoms with Gasteiger partial charge < -0.3 is 0 Å². The molecule has 8 aromatic rings. The van der Waals surface area contributed by atoms with Gasteiger partial charge in [0.05, 0.1) is 0 Å². The maximum absolute atomic E-state index is 5.36. The second-order valence-electron chi connectivity index (χ2n) is 12.4. The normalized spacial score (nSPS) is 13.3. The van der Waals surface area contributed by atoms with Crippen molar-refractivity contribution in [2.45, 2.75) is 19.3 Å². The molecule has 0 atom stereocenters. The highest BCUT2D eigenvalue weighted by atomic mass is 15.0. The van der Waals surface area contributed by atoms with Gasteiger partial charge in [-0.15, -0.1) is 0 Å². The van der Waals surface area contributed by atoms with Crippen LogP contribution in [0.2, 0.25) is 0 Å². The fourth-order valence-corrected chi connectivity index (χ4v) is 7.42. The van der Waals surface area contributed by atoms with E-state index < -0.39 is 0 Å². The van der Waals surface area contributed by atoms with Crippen LogP contribution in [0.3, 0.4) is 0 Å². The molecule has 0 spiro atoms. The summed E-state index contributed by atoms with van der Waals surface area (Å²) in [6, 6.07) is 49.4. The first-order chi connectivity index (χ1) is 22.1. The van der Waals surface area contributed by atoms with Crippen molar-refractivity contribution in [3.05, 3.63) is 151 Å². The Morgan fingerprint density at radius 1 is 0.422 bits per heavy atom. The van der Waals surface area contributed by atoms with E-state index in [4.69, 9.17) is 15.0 Å². The lowest BCUT2D eigenvalue weighted by molar-refractivity contribution is 0.661. The lowest BCUT2D eigenvalue weighted by Crippen LogP contribution is -2.17. The molecule has 0 aliphatic heterocycles. The summed E-state index contributed by atoms with van der Waals surface area (Å²) in [5.74, 6) is 2.05. The predicted octanol–water partition coefficient (Wildman–Crippen LogP) is 10.6. The second kappa shape index (κ2) is 9.67. The third-order valence-corrected chi connectivity index (χ3v) is 9.48. The monoisotopic (exact) mass is 575 g/mol. The van der Waals surface area contributed by atoms with Crippen molar-refractivity contribution < 1.29 is 0 Å². The van der Waals surface area contributed by atoms with Crippen molar-refractivity contribution in [2.75, 3.05) is 0 Å². The average molecular weight is 576 g/mol. The van der Waals surface area contributed by atoms with Gasteiger partial charge in [0.2, 0.25) is 0 Å². The molecule has 0 unspecified atom stereocenters. The molecule has 0 bridgehead atoms. The third kappa shape index (κ3) is 3.87. The Labute approximate surface area is 261 Å². The zero-order valence-corrected chi connectivity index (χ0v) is 25.1. The number of rotatable bonds is 3. The molecule has 0 saturated carbocycles. The van der Waals surface area contributed by atoms with Crippen LogP contribution < -0.4 is 0 Å². The summed E-state index contributed by atoms with van der Waals surface area (Å²) in [6.07, 6.45) is 0. The summed E-state index contributed by atoms with van der Waals surface area (Å²) in [5, 5.41) is 7.06. The minimum atomic E-state index is -0.201. The van der Waals surface area contributed by atoms with Gasteiger partial charge in [-0.2, -0.15) is 0 Å². The van der Waals surface area contributed by atoms with E-state index in [0.29, 0.717) is 17.5 Å². The van der Waals surface area contributed by atoms with E-state index in [0.717, 1.165) is 32.8 Å². The lowest BCUT2D eigenvalue weighted by atomic mass is 9.80. The van der Waals surface area contributed by atoms with E-state index >= 15 is 0 Å². The summed E-state index contributed by atoms with van der Waals surface area (Å²) in [7, 11) is 0. The predicted molar refractivity (Wildman–Crippen MR) is 186 cm³/mol. The maximum Gasteiger partial charge on any atom is 0.165 e. The second-order valence-corrected chi connectivity index (χ2v) is 12.4. The largest absolute Gasteiger partial charge is 0.208 e. The quantitative estimate of drug-likeness (QED) is 0.155. The van der Waals surface area contributed by atoms with Crippen LogP contribution in [0.25, 0.3) is 77.6 Å². The lowest BCUT2D eigenvalue weighted by Gasteiger charge is -2.24. The molecule has 3 nitrogen and oxygen atoms in total. The zero-order chi connectivity index (χ0) is 30.1. The minimum Gasteiger partial charge on any atom is -0.208 e. The van der Waals surface area contributed by atoms with Crippen LogP contribution in [0.1, 0.15) is 25.0 Å². The fraction of sp³-hybridized carbons (Fsp3) is 0.0714. The molecule has 3 heteroatoms. The molecule has 1 aliphatic rings. The van der Waals surface area contributed by atoms with Crippen LogP contribution in [0.4, 0.5) is 0 Å². The molecule has 1 aliphatic carbocycles. The Bertz CT molecular complexity index is 2460. The van der Waals surface area contributed by atoms with Crippen LogP contribution >= 0.6 is 0 Å². The molecule has 0 radical (unpaired) electrons. The molecule has 1 heterocycles. The zero-order valence-electron chi connectivity index (χ0n) is 25.1. The fourth-order valence-electron chi connectivity index (χ4n) is 7.42. The first kappa shape index (κ1) is 25.8. The number of nitrogens with zero attached hydrogens (tertiary/aromatic N) is 3. The number of aromatic nitrogens is 3. The first-order valence-electron chi connectivity index (χ1n) is 15.5. The summed E-state index contributed by atoms with van der Waals surface area (Å²) in [5.41, 5.74) is 7.96. The number of hydrogen-bond acceptors (Lipinski definition) is 3. The van der Waals surface area contributed by atoms with Gasteiger partial charge in [-0.1, -0.05) is 147 Å². The molecule has 0 N–H and O–H groups in total. The van der Waals surface area contributed by atoms with Crippen LogP contribution in [0.15, 0.2) is 140 Å². The summed E-state index contributed by atoms with van der Waals surface area (Å²) in [6.45, 7) is 4.62. The summed E-state index contributed by atoms with van der Waals surface area (Å²) in [4.78, 5) is 15.8. The summed E-state index contributed by atoms with van der Waals surface area (Å²) < 4.78 is 0. The van der Waals surface area contributed by atoms with Gasteiger partial charge in [0.15, 0.2) is 17.5 Å². The van der Waals surface area contributed by atoms with Crippen LogP contribution in [-0.2, 0) is 5.41 Å². The Balaban J connectivity index is 1.39. The summed E-state index contributed by atoms with van der Waals surface area (Å²) >= 11 is 0. The average Bonchev–Trinajstić information content (AvgIpc) is 3.33. The smallest absolute Gasteiger partial charge is 0.165 e. The van der Waals surface area contributed by atoms with Crippen molar-refractivity contribution in [1.82, 2.24) is 15.0 Å². The highest BCUT2D eigenvalue weighted by molar-refractivity contribution is 6.19. The number of fused-ring (bicyclic) bond motifs is 7. The van der Waals surface area contributed by atoms with Crippen molar-refractivity contribution in [1.29, 1.82) is 0 Å². The van der Waals surface area contributed by atoms with Crippen LogP contribution in [-0.4, -0.2) is 15.0 Å². The molecule has 212 valence electrons. The van der Waals surface area contributed by atoms with E-state index in [-0.39, 0.29) is 5.41 Å². The molecular weight excluding hydrogens is 546 g/mol. The SMILES string of the molecule is CC1(C)c2ccccc2-c2cccc(-c3nc(-c4ccccc4)nc(-c4c5ccccc5cc5c4ccc4ccccc45)n3)c21. The van der Waals surface area contributed by atoms with Crippen molar-refractivity contribution in [2.24, 2.45) is 0 Å². The molecule has 9 rings (SSSR count). The molecular formula is C42H29N3. The van der Waals surface area contributed by atoms with E-state index in [1.54, 1.807) is 0 Å². The van der Waals surface area contributed by atoms with Crippen molar-refractivity contribution in [3.63, 3.8) is 0 Å². The third-order valence-electron chi connectivity index (χ3n) is 9.48. The Hall–Kier alpha value is -5.67. The topological polar surface area (TPSA) is 38.7 Å². The molecule has 0 saturated heterocycles. The van der Waals surface area contributed by atoms with Gasteiger partial charge in [0, 0.05) is 22.1 Å². The van der Waals surface area contributed by atoms with Crippen LogP contribution in [0.5, 0.6) is 0 Å². The minimum absolute atomic E-state index is 0.201. The molecule has 0 amide bonds. The van der Waals surface area contributed by atoms with E-state index in [2.05, 4.69) is 135 Å². The van der Waals surface area contributed by atoms with Gasteiger partial charge in [-0.3, -0.25) is 0 Å². The standard InChI is InChI=1S/C42H29N3/c1-42(2)36-22-11-10-19-31(36)33-20-12-21-34(38(33)42)40-43-39(27-14-4-3-5-15-27)44-41(45-40)37-30-18-9-7-16-28(30)25-35-29-17-8-6-13-26(29)23-24-32(35)37/h3-25H,1-2H3. The van der Waals surface area contributed by atoms with Crippen molar-refractivity contribution >= 4 is 32.3 Å². The van der Waals surface area contributed by atoms with Crippen LogP contribution in [0, 0.1) is 0 Å². The Morgan fingerprint density at radius 3 is 1.93 bits per heavy atom. The molecule has 1 aromatic heterocycles. The van der Waals surface area contributed by atoms with E-state index in [1.165, 1.54) is 38.4 Å². The maximum atomic E-state index is 5.36. The number of benzene rings is 7. The van der Waals surface area contributed by atoms with Gasteiger partial charge in [-0.05, 0) is 60.6 Å². The van der Waals surface area contributed by atoms with Crippen molar-refractivity contribution in [3.8, 4) is 45.3 Å². The Kier molecular flexibility index (Phi) is 5.54. The van der Waals surface area contributed by atoms with E-state index in [9.17, 15) is 0 Å². The van der Waals surface area contributed by atoms with Gasteiger partial charge in [0.25, 0.3) is 0 Å². The first-order valence-corrected chi connectivity index (χ1v) is 15.5. The van der Waals surface area contributed by atoms with E-state index in [1.807, 2.05) is 18.2 Å². The Morgan fingerprint density at radius 2 is 1.07 bits per heavy atom. The molecule has 45 heavy (non-hydrogen) atoms. The van der Waals surface area contributed by atoms with Gasteiger partial charge >= 0.3 is 0 Å². The molecule has 7 aromatic carbocycles. The highest BCUT2D eigenvalue weighted by Crippen LogP contribution is 2.52. The molecule has 0 fully saturated rings.